The highest BCUT2D eigenvalue weighted by Gasteiger charge is 2.02. The molecule has 1 heterocycles. The largest absolute Gasteiger partial charge is 0.453 e. The second-order valence-electron chi connectivity index (χ2n) is 3.49. The lowest BCUT2D eigenvalue weighted by Gasteiger charge is -1.98. The van der Waals surface area contributed by atoms with Crippen molar-refractivity contribution in [3.63, 3.8) is 0 Å². The number of hydrogen-bond acceptors (Lipinski definition) is 3. The fourth-order valence-corrected chi connectivity index (χ4v) is 1.66. The molecular formula is C12H7NO3. The van der Waals surface area contributed by atoms with Crippen molar-refractivity contribution in [1.82, 2.24) is 4.98 Å². The molecule has 0 amide bonds. The van der Waals surface area contributed by atoms with E-state index in [-0.39, 0.29) is 5.35 Å². The number of aromatic amines is 1. The second kappa shape index (κ2) is 3.06. The first-order valence-electron chi connectivity index (χ1n) is 4.80. The van der Waals surface area contributed by atoms with Gasteiger partial charge in [-0.1, -0.05) is 12.1 Å². The summed E-state index contributed by atoms with van der Waals surface area (Å²) in [7, 11) is 0. The van der Waals surface area contributed by atoms with Gasteiger partial charge in [0.15, 0.2) is 11.0 Å². The first kappa shape index (κ1) is 8.91. The van der Waals surface area contributed by atoms with Gasteiger partial charge in [-0.15, -0.1) is 0 Å². The maximum Gasteiger partial charge on any atom is 0.252 e. The van der Waals surface area contributed by atoms with E-state index in [1.165, 1.54) is 12.1 Å². The van der Waals surface area contributed by atoms with Crippen molar-refractivity contribution in [3.05, 3.63) is 67.6 Å². The van der Waals surface area contributed by atoms with Gasteiger partial charge in [-0.3, -0.25) is 9.59 Å². The van der Waals surface area contributed by atoms with Crippen LogP contribution < -0.4 is 10.9 Å². The van der Waals surface area contributed by atoms with Crippen LogP contribution in [-0.2, 0) is 0 Å². The van der Waals surface area contributed by atoms with Crippen LogP contribution in [0.3, 0.4) is 0 Å². The first-order valence-corrected chi connectivity index (χ1v) is 4.80. The summed E-state index contributed by atoms with van der Waals surface area (Å²) in [5, 5.41) is 0.214. The van der Waals surface area contributed by atoms with E-state index in [1.54, 1.807) is 12.1 Å². The van der Waals surface area contributed by atoms with E-state index in [0.29, 0.717) is 16.5 Å². The average Bonchev–Trinajstić information content (AvgIpc) is 2.32. The van der Waals surface area contributed by atoms with Crippen LogP contribution in [0.4, 0.5) is 0 Å². The van der Waals surface area contributed by atoms with Gasteiger partial charge in [0.25, 0.3) is 5.43 Å². The van der Waals surface area contributed by atoms with Crippen LogP contribution in [0.2, 0.25) is 0 Å². The molecule has 0 unspecified atom stereocenters. The smallest absolute Gasteiger partial charge is 0.252 e. The molecule has 16 heavy (non-hydrogen) atoms. The Hall–Kier alpha value is -2.36. The van der Waals surface area contributed by atoms with Crippen LogP contribution in [0.1, 0.15) is 0 Å². The lowest BCUT2D eigenvalue weighted by Crippen LogP contribution is -2.24. The minimum atomic E-state index is -0.563. The molecule has 2 aliphatic rings. The third kappa shape index (κ3) is 1.16. The van der Waals surface area contributed by atoms with Crippen molar-refractivity contribution in [2.75, 3.05) is 0 Å². The van der Waals surface area contributed by atoms with Crippen molar-refractivity contribution >= 4 is 11.1 Å². The van der Waals surface area contributed by atoms with Crippen molar-refractivity contribution < 1.29 is 4.42 Å². The number of aromatic nitrogens is 1. The molecule has 1 aromatic rings. The number of H-pyrrole nitrogens is 1. The number of rotatable bonds is 0. The molecule has 0 bridgehead atoms. The Balaban J connectivity index is 2.70. The predicted molar refractivity (Wildman–Crippen MR) is 58.4 cm³/mol. The van der Waals surface area contributed by atoms with Crippen LogP contribution in [-0.4, -0.2) is 4.98 Å². The molecule has 0 radical (unpaired) electrons. The van der Waals surface area contributed by atoms with Crippen LogP contribution >= 0.6 is 0 Å². The molecule has 0 spiro atoms. The van der Waals surface area contributed by atoms with E-state index in [0.717, 1.165) is 0 Å². The van der Waals surface area contributed by atoms with Gasteiger partial charge in [-0.05, 0) is 24.3 Å². The summed E-state index contributed by atoms with van der Waals surface area (Å²) in [6, 6.07) is 9.96. The van der Waals surface area contributed by atoms with E-state index in [4.69, 9.17) is 4.42 Å². The van der Waals surface area contributed by atoms with Gasteiger partial charge in [0.05, 0.1) is 5.52 Å². The topological polar surface area (TPSA) is 63.1 Å². The third-order valence-corrected chi connectivity index (χ3v) is 2.45. The van der Waals surface area contributed by atoms with Crippen molar-refractivity contribution in [2.45, 2.75) is 0 Å². The molecule has 0 aromatic heterocycles. The van der Waals surface area contributed by atoms with E-state index in [2.05, 4.69) is 4.98 Å². The molecule has 3 rings (SSSR count). The number of nitrogens with one attached hydrogen (secondary N) is 1. The highest BCUT2D eigenvalue weighted by atomic mass is 16.3. The van der Waals surface area contributed by atoms with Gasteiger partial charge in [0, 0.05) is 0 Å². The summed E-state index contributed by atoms with van der Waals surface area (Å²) in [5.41, 5.74) is 0.635. The van der Waals surface area contributed by atoms with E-state index >= 15 is 0 Å². The normalized spacial score (nSPS) is 11.0. The molecule has 1 N–H and O–H groups in total. The summed E-state index contributed by atoms with van der Waals surface area (Å²) >= 11 is 0. The molecule has 0 saturated heterocycles. The molecule has 78 valence electrons. The van der Waals surface area contributed by atoms with Gasteiger partial charge in [0.1, 0.15) is 5.35 Å². The quantitative estimate of drug-likeness (QED) is 0.571. The molecule has 1 aliphatic heterocycles. The van der Waals surface area contributed by atoms with E-state index in [1.807, 2.05) is 12.1 Å². The SMILES string of the molecule is O=c1ccc2oc3ccccc3[nH]c=2c1=O. The molecule has 0 fully saturated rings. The highest BCUT2D eigenvalue weighted by Crippen LogP contribution is 2.10. The lowest BCUT2D eigenvalue weighted by atomic mass is 10.3. The molecule has 1 aliphatic carbocycles. The molecule has 0 atom stereocenters. The van der Waals surface area contributed by atoms with Crippen molar-refractivity contribution in [1.29, 1.82) is 0 Å². The van der Waals surface area contributed by atoms with Gasteiger partial charge in [-0.2, -0.15) is 0 Å². The zero-order valence-corrected chi connectivity index (χ0v) is 8.19. The second-order valence-corrected chi connectivity index (χ2v) is 3.49. The predicted octanol–water partition coefficient (Wildman–Crippen LogP) is 1.21. The summed E-state index contributed by atoms with van der Waals surface area (Å²) in [6.07, 6.45) is 0. The number of benzene rings is 1. The van der Waals surface area contributed by atoms with Gasteiger partial charge >= 0.3 is 0 Å². The van der Waals surface area contributed by atoms with Crippen molar-refractivity contribution in [2.24, 2.45) is 0 Å². The maximum atomic E-state index is 11.6. The van der Waals surface area contributed by atoms with Gasteiger partial charge < -0.3 is 9.40 Å². The standard InChI is InChI=1S/C12H7NO3/c14-8-5-6-10-11(12(8)15)13-7-3-1-2-4-9(7)16-10/h1-6,13H. The number of hydrogen-bond donors (Lipinski definition) is 1. The Labute approximate surface area is 88.8 Å². The Kier molecular flexibility index (Phi) is 1.71. The van der Waals surface area contributed by atoms with Crippen LogP contribution in [0, 0.1) is 10.8 Å². The first-order chi connectivity index (χ1) is 7.75. The molecule has 0 saturated carbocycles. The fraction of sp³-hybridized carbons (Fsp3) is 0. The summed E-state index contributed by atoms with van der Waals surface area (Å²) < 4.78 is 5.51. The lowest BCUT2D eigenvalue weighted by molar-refractivity contribution is 0.560. The zero-order chi connectivity index (χ0) is 11.1. The number of para-hydroxylation sites is 2. The average molecular weight is 213 g/mol. The fourth-order valence-electron chi connectivity index (χ4n) is 1.66. The maximum absolute atomic E-state index is 11.6. The summed E-state index contributed by atoms with van der Waals surface area (Å²) in [5.74, 6) is 0. The Morgan fingerprint density at radius 1 is 1.00 bits per heavy atom. The molecule has 4 heteroatoms. The minimum absolute atomic E-state index is 0.214. The van der Waals surface area contributed by atoms with Crippen LogP contribution in [0.5, 0.6) is 0 Å². The van der Waals surface area contributed by atoms with Crippen molar-refractivity contribution in [3.8, 4) is 0 Å². The molecule has 1 aromatic carbocycles. The van der Waals surface area contributed by atoms with E-state index in [9.17, 15) is 9.59 Å². The Morgan fingerprint density at radius 3 is 2.69 bits per heavy atom. The summed E-state index contributed by atoms with van der Waals surface area (Å²) in [6.45, 7) is 0. The molecule has 4 nitrogen and oxygen atoms in total. The van der Waals surface area contributed by atoms with E-state index < -0.39 is 10.9 Å². The van der Waals surface area contributed by atoms with Gasteiger partial charge in [0.2, 0.25) is 5.43 Å². The Morgan fingerprint density at radius 2 is 1.81 bits per heavy atom. The minimum Gasteiger partial charge on any atom is -0.453 e. The number of fused-ring (bicyclic) bond motifs is 1. The monoisotopic (exact) mass is 213 g/mol. The zero-order valence-electron chi connectivity index (χ0n) is 8.19. The Bertz CT molecular complexity index is 844. The summed E-state index contributed by atoms with van der Waals surface area (Å²) in [4.78, 5) is 25.7. The van der Waals surface area contributed by atoms with Gasteiger partial charge in [-0.25, -0.2) is 0 Å². The van der Waals surface area contributed by atoms with Crippen LogP contribution in [0.15, 0.2) is 50.4 Å². The van der Waals surface area contributed by atoms with Crippen LogP contribution in [0.25, 0.3) is 11.1 Å². The highest BCUT2D eigenvalue weighted by molar-refractivity contribution is 5.70. The third-order valence-electron chi connectivity index (χ3n) is 2.45. The molecular weight excluding hydrogens is 206 g/mol.